The van der Waals surface area contributed by atoms with Gasteiger partial charge in [-0.3, -0.25) is 9.59 Å². The van der Waals surface area contributed by atoms with Crippen LogP contribution in [-0.4, -0.2) is 34.3 Å². The maximum atomic E-state index is 12.4. The molecule has 0 bridgehead atoms. The molecule has 7 nitrogen and oxygen atoms in total. The highest BCUT2D eigenvalue weighted by atomic mass is 35.5. The van der Waals surface area contributed by atoms with Gasteiger partial charge in [0.15, 0.2) is 0 Å². The molecule has 3 aromatic rings. The zero-order valence-electron chi connectivity index (χ0n) is 15.3. The van der Waals surface area contributed by atoms with Gasteiger partial charge in [0.05, 0.1) is 27.7 Å². The Morgan fingerprint density at radius 3 is 2.76 bits per heavy atom. The third-order valence-corrected chi connectivity index (χ3v) is 5.53. The van der Waals surface area contributed by atoms with E-state index in [1.807, 2.05) is 30.3 Å². The molecule has 2 aromatic carbocycles. The number of rotatable bonds is 6. The minimum Gasteiger partial charge on any atom is -0.411 e. The molecule has 1 aliphatic rings. The molecule has 0 spiro atoms. The van der Waals surface area contributed by atoms with Gasteiger partial charge in [-0.25, -0.2) is 0 Å². The Hall–Kier alpha value is -2.84. The van der Waals surface area contributed by atoms with Crippen molar-refractivity contribution in [2.24, 2.45) is 0 Å². The van der Waals surface area contributed by atoms with Crippen LogP contribution in [0.3, 0.4) is 0 Å². The molecule has 29 heavy (non-hydrogen) atoms. The Kier molecular flexibility index (Phi) is 5.82. The normalized spacial score (nSPS) is 13.7. The van der Waals surface area contributed by atoms with E-state index in [9.17, 15) is 9.59 Å². The monoisotopic (exact) mass is 428 g/mol. The number of nitrogens with zero attached hydrogens (tertiary/aromatic N) is 3. The predicted octanol–water partition coefficient (Wildman–Crippen LogP) is 4.25. The highest BCUT2D eigenvalue weighted by molar-refractivity contribution is 7.99. The van der Waals surface area contributed by atoms with E-state index in [0.717, 1.165) is 18.2 Å². The lowest BCUT2D eigenvalue weighted by molar-refractivity contribution is -0.117. The van der Waals surface area contributed by atoms with Crippen LogP contribution >= 0.6 is 23.4 Å². The molecule has 1 N–H and O–H groups in total. The Morgan fingerprint density at radius 2 is 1.97 bits per heavy atom. The van der Waals surface area contributed by atoms with Crippen LogP contribution in [-0.2, 0) is 9.59 Å². The van der Waals surface area contributed by atoms with Crippen molar-refractivity contribution in [3.63, 3.8) is 0 Å². The maximum Gasteiger partial charge on any atom is 0.277 e. The molecule has 0 saturated carbocycles. The van der Waals surface area contributed by atoms with Crippen molar-refractivity contribution in [1.29, 1.82) is 0 Å². The van der Waals surface area contributed by atoms with Gasteiger partial charge in [-0.15, -0.1) is 10.2 Å². The number of hydrogen-bond acceptors (Lipinski definition) is 6. The molecule has 1 aromatic heterocycles. The number of anilines is 2. The number of hydrogen-bond donors (Lipinski definition) is 1. The summed E-state index contributed by atoms with van der Waals surface area (Å²) in [5, 5.41) is 11.6. The molecular weight excluding hydrogens is 412 g/mol. The van der Waals surface area contributed by atoms with Crippen LogP contribution < -0.4 is 10.2 Å². The Labute approximate surface area is 176 Å². The maximum absolute atomic E-state index is 12.4. The number of carbonyl (C=O) groups is 2. The van der Waals surface area contributed by atoms with Crippen molar-refractivity contribution < 1.29 is 14.0 Å². The molecule has 1 saturated heterocycles. The van der Waals surface area contributed by atoms with E-state index in [1.54, 1.807) is 23.1 Å². The van der Waals surface area contributed by atoms with Crippen molar-refractivity contribution in [2.75, 3.05) is 22.5 Å². The van der Waals surface area contributed by atoms with Gasteiger partial charge in [0.25, 0.3) is 5.22 Å². The van der Waals surface area contributed by atoms with E-state index in [1.165, 1.54) is 0 Å². The number of thioether (sulfide) groups is 1. The molecule has 4 rings (SSSR count). The zero-order valence-corrected chi connectivity index (χ0v) is 16.9. The van der Waals surface area contributed by atoms with E-state index in [4.69, 9.17) is 16.0 Å². The lowest BCUT2D eigenvalue weighted by Gasteiger charge is -2.19. The van der Waals surface area contributed by atoms with Crippen molar-refractivity contribution in [1.82, 2.24) is 10.2 Å². The summed E-state index contributed by atoms with van der Waals surface area (Å²) < 4.78 is 5.59. The number of aromatic nitrogens is 2. The molecule has 1 fully saturated rings. The van der Waals surface area contributed by atoms with E-state index in [-0.39, 0.29) is 22.8 Å². The molecule has 1 aliphatic heterocycles. The van der Waals surface area contributed by atoms with Gasteiger partial charge >= 0.3 is 0 Å². The lowest BCUT2D eigenvalue weighted by atomic mass is 10.2. The summed E-state index contributed by atoms with van der Waals surface area (Å²) in [4.78, 5) is 26.2. The third kappa shape index (κ3) is 4.44. The molecule has 0 atom stereocenters. The molecule has 0 radical (unpaired) electrons. The summed E-state index contributed by atoms with van der Waals surface area (Å²) in [6.07, 6.45) is 1.35. The van der Waals surface area contributed by atoms with Crippen LogP contribution in [0.2, 0.25) is 5.02 Å². The second-order valence-corrected chi connectivity index (χ2v) is 7.69. The number of amides is 2. The second kappa shape index (κ2) is 8.67. The first kappa shape index (κ1) is 19.5. The minimum atomic E-state index is -0.230. The smallest absolute Gasteiger partial charge is 0.277 e. The van der Waals surface area contributed by atoms with Crippen LogP contribution in [0.5, 0.6) is 0 Å². The summed E-state index contributed by atoms with van der Waals surface area (Å²) >= 11 is 7.27. The predicted molar refractivity (Wildman–Crippen MR) is 112 cm³/mol. The highest BCUT2D eigenvalue weighted by Gasteiger charge is 2.24. The quantitative estimate of drug-likeness (QED) is 0.590. The first-order chi connectivity index (χ1) is 14.1. The van der Waals surface area contributed by atoms with Gasteiger partial charge in [0.2, 0.25) is 17.7 Å². The summed E-state index contributed by atoms with van der Waals surface area (Å²) in [5.74, 6) is 0.230. The van der Waals surface area contributed by atoms with Crippen molar-refractivity contribution >= 4 is 46.6 Å². The van der Waals surface area contributed by atoms with Crippen LogP contribution in [0.25, 0.3) is 11.5 Å². The standard InChI is InChI=1S/C20H17ClN4O3S/c21-14-7-2-1-6-13(14)19-23-24-20(28-19)29-12-17(26)22-15-8-3-4-9-16(15)25-11-5-10-18(25)27/h1-4,6-9H,5,10-12H2,(H,22,26). The fourth-order valence-corrected chi connectivity index (χ4v) is 3.82. The number of benzene rings is 2. The van der Waals surface area contributed by atoms with Gasteiger partial charge < -0.3 is 14.6 Å². The van der Waals surface area contributed by atoms with Crippen LogP contribution in [0.15, 0.2) is 58.2 Å². The first-order valence-corrected chi connectivity index (χ1v) is 10.4. The number of carbonyl (C=O) groups excluding carboxylic acids is 2. The van der Waals surface area contributed by atoms with Crippen LogP contribution in [0.4, 0.5) is 11.4 Å². The topological polar surface area (TPSA) is 88.3 Å². The van der Waals surface area contributed by atoms with Crippen molar-refractivity contribution in [3.05, 3.63) is 53.6 Å². The molecule has 2 heterocycles. The highest BCUT2D eigenvalue weighted by Crippen LogP contribution is 2.31. The largest absolute Gasteiger partial charge is 0.411 e. The number of para-hydroxylation sites is 2. The Balaban J connectivity index is 1.39. The molecular formula is C20H17ClN4O3S. The van der Waals surface area contributed by atoms with Crippen molar-refractivity contribution in [3.8, 4) is 11.5 Å². The molecule has 2 amide bonds. The summed E-state index contributed by atoms with van der Waals surface area (Å²) in [5.41, 5.74) is 1.96. The fourth-order valence-electron chi connectivity index (χ4n) is 3.04. The first-order valence-electron chi connectivity index (χ1n) is 9.02. The van der Waals surface area contributed by atoms with Gasteiger partial charge in [-0.1, -0.05) is 47.6 Å². The Morgan fingerprint density at radius 1 is 1.17 bits per heavy atom. The third-order valence-electron chi connectivity index (χ3n) is 4.38. The van der Waals surface area contributed by atoms with Crippen LogP contribution in [0.1, 0.15) is 12.8 Å². The lowest BCUT2D eigenvalue weighted by Crippen LogP contribution is -2.25. The number of halogens is 1. The average Bonchev–Trinajstić information content (AvgIpc) is 3.36. The Bertz CT molecular complexity index is 1060. The average molecular weight is 429 g/mol. The summed E-state index contributed by atoms with van der Waals surface area (Å²) in [6.45, 7) is 0.660. The zero-order chi connectivity index (χ0) is 20.2. The molecule has 0 unspecified atom stereocenters. The summed E-state index contributed by atoms with van der Waals surface area (Å²) in [6, 6.07) is 14.5. The van der Waals surface area contributed by atoms with Crippen LogP contribution in [0, 0.1) is 0 Å². The van der Waals surface area contributed by atoms with Gasteiger partial charge in [0.1, 0.15) is 0 Å². The molecule has 9 heteroatoms. The van der Waals surface area contributed by atoms with Crippen molar-refractivity contribution in [2.45, 2.75) is 18.1 Å². The van der Waals surface area contributed by atoms with E-state index < -0.39 is 0 Å². The minimum absolute atomic E-state index is 0.0686. The number of nitrogens with one attached hydrogen (secondary N) is 1. The molecule has 0 aliphatic carbocycles. The fraction of sp³-hybridized carbons (Fsp3) is 0.200. The SMILES string of the molecule is O=C(CSc1nnc(-c2ccccc2Cl)o1)Nc1ccccc1N1CCCC1=O. The van der Waals surface area contributed by atoms with Gasteiger partial charge in [0, 0.05) is 13.0 Å². The summed E-state index contributed by atoms with van der Waals surface area (Å²) in [7, 11) is 0. The van der Waals surface area contributed by atoms with E-state index >= 15 is 0 Å². The second-order valence-electron chi connectivity index (χ2n) is 6.36. The van der Waals surface area contributed by atoms with E-state index in [2.05, 4.69) is 15.5 Å². The van der Waals surface area contributed by atoms with Gasteiger partial charge in [-0.05, 0) is 30.7 Å². The van der Waals surface area contributed by atoms with Gasteiger partial charge in [-0.2, -0.15) is 0 Å². The van der Waals surface area contributed by atoms with E-state index in [0.29, 0.717) is 40.8 Å². The molecule has 148 valence electrons.